The highest BCUT2D eigenvalue weighted by molar-refractivity contribution is 7.10. The quantitative estimate of drug-likeness (QED) is 0.484. The average Bonchev–Trinajstić information content (AvgIpc) is 3.14. The smallest absolute Gasteiger partial charge is 0.410 e. The van der Waals surface area contributed by atoms with E-state index < -0.39 is 41.5 Å². The standard InChI is InChI=1S/C23H36N2O7S/c1-8-30-19(27)17(26)14-24(20(28)31-22(2,3)4)13-16-18-15(10-12-33-18)9-11-25(16)21(29)32-23(5,6)7/h10,12,16-17,26H,8-9,11,13-14H2,1-7H3. The number of carbonyl (C=O) groups is 3. The van der Waals surface area contributed by atoms with Crippen LogP contribution >= 0.6 is 11.3 Å². The molecule has 0 spiro atoms. The molecule has 0 aliphatic carbocycles. The molecule has 2 atom stereocenters. The minimum absolute atomic E-state index is 0.0259. The van der Waals surface area contributed by atoms with Crippen LogP contribution in [0, 0.1) is 0 Å². The minimum atomic E-state index is -1.54. The number of aliphatic hydroxyl groups is 1. The van der Waals surface area contributed by atoms with Gasteiger partial charge in [0.15, 0.2) is 6.10 Å². The van der Waals surface area contributed by atoms with E-state index in [1.54, 1.807) is 53.4 Å². The largest absolute Gasteiger partial charge is 0.464 e. The summed E-state index contributed by atoms with van der Waals surface area (Å²) in [5.41, 5.74) is -0.363. The maximum Gasteiger partial charge on any atom is 0.410 e. The average molecular weight is 485 g/mol. The Morgan fingerprint density at radius 2 is 1.82 bits per heavy atom. The van der Waals surface area contributed by atoms with Crippen LogP contribution in [0.4, 0.5) is 9.59 Å². The van der Waals surface area contributed by atoms with E-state index in [-0.39, 0.29) is 19.7 Å². The molecule has 33 heavy (non-hydrogen) atoms. The second-order valence-electron chi connectivity index (χ2n) is 9.90. The van der Waals surface area contributed by atoms with Gasteiger partial charge in [0.25, 0.3) is 0 Å². The Hall–Kier alpha value is -2.33. The molecular weight excluding hydrogens is 448 g/mol. The van der Waals surface area contributed by atoms with Gasteiger partial charge < -0.3 is 24.2 Å². The number of rotatable bonds is 6. The molecule has 2 heterocycles. The molecule has 0 saturated carbocycles. The molecule has 2 amide bonds. The van der Waals surface area contributed by atoms with Crippen LogP contribution in [0.25, 0.3) is 0 Å². The monoisotopic (exact) mass is 484 g/mol. The van der Waals surface area contributed by atoms with Gasteiger partial charge in [-0.15, -0.1) is 11.3 Å². The number of ether oxygens (including phenoxy) is 3. The molecule has 0 radical (unpaired) electrons. The van der Waals surface area contributed by atoms with Crippen LogP contribution in [-0.2, 0) is 25.4 Å². The molecule has 2 unspecified atom stereocenters. The SMILES string of the molecule is CCOC(=O)C(O)CN(CC1c2sccc2CCN1C(=O)OC(C)(C)C)C(=O)OC(C)(C)C. The molecule has 0 saturated heterocycles. The first-order valence-electron chi connectivity index (χ1n) is 11.1. The van der Waals surface area contributed by atoms with Crippen molar-refractivity contribution in [2.24, 2.45) is 0 Å². The molecule has 186 valence electrons. The molecule has 2 rings (SSSR count). The molecule has 1 N–H and O–H groups in total. The Morgan fingerprint density at radius 3 is 2.39 bits per heavy atom. The highest BCUT2D eigenvalue weighted by Gasteiger charge is 2.38. The van der Waals surface area contributed by atoms with Gasteiger partial charge in [0, 0.05) is 18.0 Å². The van der Waals surface area contributed by atoms with Crippen LogP contribution < -0.4 is 0 Å². The van der Waals surface area contributed by atoms with Crippen molar-refractivity contribution in [3.63, 3.8) is 0 Å². The van der Waals surface area contributed by atoms with E-state index in [0.717, 1.165) is 10.4 Å². The van der Waals surface area contributed by atoms with E-state index in [9.17, 15) is 19.5 Å². The van der Waals surface area contributed by atoms with Gasteiger partial charge in [0.1, 0.15) is 11.2 Å². The maximum atomic E-state index is 13.0. The van der Waals surface area contributed by atoms with Crippen LogP contribution in [0.2, 0.25) is 0 Å². The van der Waals surface area contributed by atoms with Gasteiger partial charge in [-0.05, 0) is 71.9 Å². The Kier molecular flexibility index (Phi) is 8.75. The zero-order valence-electron chi connectivity index (χ0n) is 20.5. The molecule has 10 heteroatoms. The Balaban J connectivity index is 2.35. The number of amides is 2. The van der Waals surface area contributed by atoms with Crippen LogP contribution in [0.3, 0.4) is 0 Å². The molecule has 0 fully saturated rings. The lowest BCUT2D eigenvalue weighted by atomic mass is 10.0. The zero-order valence-corrected chi connectivity index (χ0v) is 21.4. The lowest BCUT2D eigenvalue weighted by molar-refractivity contribution is -0.153. The molecule has 1 aliphatic heterocycles. The van der Waals surface area contributed by atoms with Gasteiger partial charge in [-0.1, -0.05) is 0 Å². The number of aliphatic hydroxyl groups excluding tert-OH is 1. The van der Waals surface area contributed by atoms with Gasteiger partial charge in [0.05, 0.1) is 19.2 Å². The normalized spacial score (nSPS) is 17.1. The van der Waals surface area contributed by atoms with E-state index in [2.05, 4.69) is 0 Å². The first kappa shape index (κ1) is 26.9. The molecule has 1 aromatic rings. The summed E-state index contributed by atoms with van der Waals surface area (Å²) in [5, 5.41) is 12.3. The van der Waals surface area contributed by atoms with E-state index in [1.165, 1.54) is 16.2 Å². The lowest BCUT2D eigenvalue weighted by Gasteiger charge is -2.39. The van der Waals surface area contributed by atoms with Crippen LogP contribution in [0.5, 0.6) is 0 Å². The fourth-order valence-corrected chi connectivity index (χ4v) is 4.45. The third-order valence-corrected chi connectivity index (χ3v) is 5.77. The van der Waals surface area contributed by atoms with Crippen molar-refractivity contribution in [2.45, 2.75) is 78.2 Å². The highest BCUT2D eigenvalue weighted by atomic mass is 32.1. The number of esters is 1. The number of thiophene rings is 1. The number of nitrogens with zero attached hydrogens (tertiary/aromatic N) is 2. The second kappa shape index (κ2) is 10.7. The Morgan fingerprint density at radius 1 is 1.18 bits per heavy atom. The number of hydrogen-bond acceptors (Lipinski definition) is 8. The predicted molar refractivity (Wildman–Crippen MR) is 124 cm³/mol. The Labute approximate surface area is 199 Å². The molecular formula is C23H36N2O7S. The fourth-order valence-electron chi connectivity index (χ4n) is 3.39. The van der Waals surface area contributed by atoms with Crippen LogP contribution in [0.15, 0.2) is 11.4 Å². The first-order chi connectivity index (χ1) is 15.2. The summed E-state index contributed by atoms with van der Waals surface area (Å²) in [6.45, 7) is 12.4. The summed E-state index contributed by atoms with van der Waals surface area (Å²) in [6, 6.07) is 1.50. The van der Waals surface area contributed by atoms with Crippen molar-refractivity contribution in [3.05, 3.63) is 21.9 Å². The molecule has 0 aromatic carbocycles. The minimum Gasteiger partial charge on any atom is -0.464 e. The van der Waals surface area contributed by atoms with Gasteiger partial charge in [-0.2, -0.15) is 0 Å². The van der Waals surface area contributed by atoms with Gasteiger partial charge in [-0.3, -0.25) is 4.90 Å². The maximum absolute atomic E-state index is 13.0. The summed E-state index contributed by atoms with van der Waals surface area (Å²) < 4.78 is 16.0. The van der Waals surface area contributed by atoms with E-state index >= 15 is 0 Å². The van der Waals surface area contributed by atoms with Crippen molar-refractivity contribution >= 4 is 29.5 Å². The molecule has 0 bridgehead atoms. The summed E-state index contributed by atoms with van der Waals surface area (Å²) in [6.07, 6.45) is -2.05. The van der Waals surface area contributed by atoms with Crippen molar-refractivity contribution in [2.75, 3.05) is 26.2 Å². The topological polar surface area (TPSA) is 106 Å². The van der Waals surface area contributed by atoms with Gasteiger partial charge in [0.2, 0.25) is 0 Å². The fraction of sp³-hybridized carbons (Fsp3) is 0.696. The summed E-state index contributed by atoms with van der Waals surface area (Å²) >= 11 is 1.49. The predicted octanol–water partition coefficient (Wildman–Crippen LogP) is 3.74. The third-order valence-electron chi connectivity index (χ3n) is 4.71. The van der Waals surface area contributed by atoms with Crippen molar-refractivity contribution in [3.8, 4) is 0 Å². The van der Waals surface area contributed by atoms with Crippen molar-refractivity contribution in [1.29, 1.82) is 0 Å². The van der Waals surface area contributed by atoms with Gasteiger partial charge in [-0.25, -0.2) is 14.4 Å². The molecule has 1 aliphatic rings. The summed E-state index contributed by atoms with van der Waals surface area (Å²) in [5.74, 6) is -0.824. The van der Waals surface area contributed by atoms with Crippen molar-refractivity contribution < 1.29 is 33.7 Å². The number of carbonyl (C=O) groups excluding carboxylic acids is 3. The van der Waals surface area contributed by atoms with Crippen molar-refractivity contribution in [1.82, 2.24) is 9.80 Å². The highest BCUT2D eigenvalue weighted by Crippen LogP contribution is 2.36. The van der Waals surface area contributed by atoms with E-state index in [0.29, 0.717) is 13.0 Å². The second-order valence-corrected chi connectivity index (χ2v) is 10.9. The van der Waals surface area contributed by atoms with E-state index in [1.807, 2.05) is 11.4 Å². The Bertz CT molecular complexity index is 841. The summed E-state index contributed by atoms with van der Waals surface area (Å²) in [7, 11) is 0. The van der Waals surface area contributed by atoms with Crippen LogP contribution in [-0.4, -0.2) is 76.6 Å². The number of hydrogen-bond donors (Lipinski definition) is 1. The van der Waals surface area contributed by atoms with Crippen LogP contribution in [0.1, 0.15) is 64.9 Å². The molecule has 9 nitrogen and oxygen atoms in total. The lowest BCUT2D eigenvalue weighted by Crippen LogP contribution is -2.50. The summed E-state index contributed by atoms with van der Waals surface area (Å²) in [4.78, 5) is 41.8. The van der Waals surface area contributed by atoms with E-state index in [4.69, 9.17) is 14.2 Å². The molecule has 1 aromatic heterocycles. The zero-order chi connectivity index (χ0) is 25.0. The number of fused-ring (bicyclic) bond motifs is 1. The van der Waals surface area contributed by atoms with Gasteiger partial charge >= 0.3 is 18.2 Å². The third kappa shape index (κ3) is 7.89. The first-order valence-corrected chi connectivity index (χ1v) is 12.0.